The summed E-state index contributed by atoms with van der Waals surface area (Å²) in [6.45, 7) is 3.82. The van der Waals surface area contributed by atoms with E-state index < -0.39 is 5.97 Å². The number of unbranched alkanes of at least 4 members (excludes halogenated alkanes) is 1. The molecule has 4 nitrogen and oxygen atoms in total. The smallest absolute Gasteiger partial charge is 0.328 e. The summed E-state index contributed by atoms with van der Waals surface area (Å²) >= 11 is 6.06. The van der Waals surface area contributed by atoms with Crippen molar-refractivity contribution in [3.8, 4) is 5.75 Å². The van der Waals surface area contributed by atoms with Crippen molar-refractivity contribution in [2.75, 3.05) is 19.8 Å². The second-order valence-electron chi connectivity index (χ2n) is 4.18. The zero-order valence-electron chi connectivity index (χ0n) is 11.5. The lowest BCUT2D eigenvalue weighted by atomic mass is 10.2. The van der Waals surface area contributed by atoms with Crippen LogP contribution < -0.4 is 4.74 Å². The fourth-order valence-corrected chi connectivity index (χ4v) is 1.71. The van der Waals surface area contributed by atoms with E-state index in [9.17, 15) is 4.79 Å². The topological polar surface area (TPSA) is 55.8 Å². The van der Waals surface area contributed by atoms with Crippen LogP contribution in [0.4, 0.5) is 0 Å². The van der Waals surface area contributed by atoms with Gasteiger partial charge >= 0.3 is 5.97 Å². The number of carboxylic acids is 1. The monoisotopic (exact) mass is 298 g/mol. The van der Waals surface area contributed by atoms with E-state index in [1.165, 1.54) is 6.08 Å². The van der Waals surface area contributed by atoms with Crippen LogP contribution in [0.1, 0.15) is 25.3 Å². The molecule has 1 aromatic rings. The minimum atomic E-state index is -0.995. The minimum absolute atomic E-state index is 0.438. The second kappa shape index (κ2) is 9.39. The summed E-state index contributed by atoms with van der Waals surface area (Å²) in [4.78, 5) is 10.4. The molecule has 0 saturated carbocycles. The van der Waals surface area contributed by atoms with Crippen LogP contribution in [0.25, 0.3) is 6.08 Å². The molecule has 0 heterocycles. The van der Waals surface area contributed by atoms with Gasteiger partial charge in [-0.1, -0.05) is 31.0 Å². The SMILES string of the molecule is CCCCOCCOc1ccc(C=CC(=O)O)cc1Cl. The lowest BCUT2D eigenvalue weighted by molar-refractivity contribution is -0.131. The highest BCUT2D eigenvalue weighted by molar-refractivity contribution is 6.32. The van der Waals surface area contributed by atoms with Gasteiger partial charge in [0.1, 0.15) is 12.4 Å². The molecule has 0 fully saturated rings. The van der Waals surface area contributed by atoms with Crippen LogP contribution in [0.2, 0.25) is 5.02 Å². The number of carboxylic acid groups (broad SMARTS) is 1. The van der Waals surface area contributed by atoms with Crippen molar-refractivity contribution >= 4 is 23.6 Å². The number of aliphatic carboxylic acids is 1. The molecular formula is C15H19ClO4. The minimum Gasteiger partial charge on any atom is -0.490 e. The highest BCUT2D eigenvalue weighted by Gasteiger charge is 2.02. The third-order valence-electron chi connectivity index (χ3n) is 2.50. The summed E-state index contributed by atoms with van der Waals surface area (Å²) < 4.78 is 10.9. The molecule has 0 spiro atoms. The van der Waals surface area contributed by atoms with Gasteiger partial charge in [0.05, 0.1) is 11.6 Å². The normalized spacial score (nSPS) is 10.9. The molecule has 0 atom stereocenters. The molecule has 0 radical (unpaired) electrons. The Labute approximate surface area is 124 Å². The molecule has 0 amide bonds. The molecule has 0 aliphatic rings. The first-order valence-corrected chi connectivity index (χ1v) is 6.92. The molecule has 20 heavy (non-hydrogen) atoms. The van der Waals surface area contributed by atoms with E-state index in [4.69, 9.17) is 26.2 Å². The summed E-state index contributed by atoms with van der Waals surface area (Å²) in [5.74, 6) is -0.427. The van der Waals surface area contributed by atoms with Crippen LogP contribution in [0.3, 0.4) is 0 Å². The Morgan fingerprint density at radius 1 is 1.35 bits per heavy atom. The molecule has 0 saturated heterocycles. The number of ether oxygens (including phenoxy) is 2. The molecule has 1 rings (SSSR count). The van der Waals surface area contributed by atoms with E-state index in [0.29, 0.717) is 29.5 Å². The first-order valence-electron chi connectivity index (χ1n) is 6.54. The molecule has 0 bridgehead atoms. The lowest BCUT2D eigenvalue weighted by Gasteiger charge is -2.09. The van der Waals surface area contributed by atoms with E-state index in [2.05, 4.69) is 6.92 Å². The Bertz CT molecular complexity index is 457. The van der Waals surface area contributed by atoms with Crippen molar-refractivity contribution in [2.24, 2.45) is 0 Å². The van der Waals surface area contributed by atoms with Gasteiger partial charge in [-0.15, -0.1) is 0 Å². The predicted molar refractivity (Wildman–Crippen MR) is 79.3 cm³/mol. The summed E-state index contributed by atoms with van der Waals surface area (Å²) in [6, 6.07) is 5.13. The summed E-state index contributed by atoms with van der Waals surface area (Å²) in [7, 11) is 0. The van der Waals surface area contributed by atoms with Crippen molar-refractivity contribution in [3.05, 3.63) is 34.9 Å². The van der Waals surface area contributed by atoms with Crippen LogP contribution in [-0.2, 0) is 9.53 Å². The van der Waals surface area contributed by atoms with E-state index in [0.717, 1.165) is 25.5 Å². The Morgan fingerprint density at radius 2 is 2.15 bits per heavy atom. The van der Waals surface area contributed by atoms with Gasteiger partial charge in [-0.25, -0.2) is 4.79 Å². The Hall–Kier alpha value is -1.52. The van der Waals surface area contributed by atoms with Crippen molar-refractivity contribution in [2.45, 2.75) is 19.8 Å². The molecule has 0 unspecified atom stereocenters. The predicted octanol–water partition coefficient (Wildman–Crippen LogP) is 3.63. The molecule has 1 N–H and O–H groups in total. The number of halogens is 1. The van der Waals surface area contributed by atoms with Crippen molar-refractivity contribution in [1.29, 1.82) is 0 Å². The summed E-state index contributed by atoms with van der Waals surface area (Å²) in [5.41, 5.74) is 0.712. The number of hydrogen-bond donors (Lipinski definition) is 1. The van der Waals surface area contributed by atoms with Crippen LogP contribution in [0.5, 0.6) is 5.75 Å². The van der Waals surface area contributed by atoms with E-state index in [1.54, 1.807) is 18.2 Å². The van der Waals surface area contributed by atoms with Gasteiger partial charge in [-0.3, -0.25) is 0 Å². The Morgan fingerprint density at radius 3 is 2.80 bits per heavy atom. The molecule has 0 aromatic heterocycles. The largest absolute Gasteiger partial charge is 0.490 e. The second-order valence-corrected chi connectivity index (χ2v) is 4.58. The molecule has 110 valence electrons. The molecule has 0 aliphatic heterocycles. The van der Waals surface area contributed by atoms with Gasteiger partial charge in [0, 0.05) is 12.7 Å². The molecule has 0 aliphatic carbocycles. The first-order chi connectivity index (χ1) is 9.63. The quantitative estimate of drug-likeness (QED) is 0.559. The maximum atomic E-state index is 10.4. The van der Waals surface area contributed by atoms with Gasteiger partial charge in [-0.05, 0) is 30.2 Å². The van der Waals surface area contributed by atoms with E-state index in [1.807, 2.05) is 0 Å². The number of benzene rings is 1. The zero-order valence-corrected chi connectivity index (χ0v) is 12.2. The van der Waals surface area contributed by atoms with Crippen molar-refractivity contribution in [1.82, 2.24) is 0 Å². The standard InChI is InChI=1S/C15H19ClO4/c1-2-3-8-19-9-10-20-14-6-4-12(11-13(14)16)5-7-15(17)18/h4-7,11H,2-3,8-10H2,1H3,(H,17,18). The summed E-state index contributed by atoms with van der Waals surface area (Å²) in [6.07, 6.45) is 4.70. The average molecular weight is 299 g/mol. The highest BCUT2D eigenvalue weighted by Crippen LogP contribution is 2.25. The van der Waals surface area contributed by atoms with Gasteiger partial charge in [0.2, 0.25) is 0 Å². The average Bonchev–Trinajstić information content (AvgIpc) is 2.42. The van der Waals surface area contributed by atoms with Crippen molar-refractivity contribution in [3.63, 3.8) is 0 Å². The fraction of sp³-hybridized carbons (Fsp3) is 0.400. The maximum absolute atomic E-state index is 10.4. The third-order valence-corrected chi connectivity index (χ3v) is 2.80. The number of rotatable bonds is 9. The van der Waals surface area contributed by atoms with Gasteiger partial charge < -0.3 is 14.6 Å². The molecule has 5 heteroatoms. The van der Waals surface area contributed by atoms with Crippen LogP contribution in [0, 0.1) is 0 Å². The van der Waals surface area contributed by atoms with Gasteiger partial charge in [0.15, 0.2) is 0 Å². The van der Waals surface area contributed by atoms with Crippen LogP contribution in [0.15, 0.2) is 24.3 Å². The number of carbonyl (C=O) groups is 1. The van der Waals surface area contributed by atoms with Crippen LogP contribution >= 0.6 is 11.6 Å². The maximum Gasteiger partial charge on any atom is 0.328 e. The van der Waals surface area contributed by atoms with Gasteiger partial charge in [-0.2, -0.15) is 0 Å². The molecular weight excluding hydrogens is 280 g/mol. The third kappa shape index (κ3) is 6.59. The number of hydrogen-bond acceptors (Lipinski definition) is 3. The van der Waals surface area contributed by atoms with Gasteiger partial charge in [0.25, 0.3) is 0 Å². The van der Waals surface area contributed by atoms with Crippen LogP contribution in [-0.4, -0.2) is 30.9 Å². The molecule has 1 aromatic carbocycles. The lowest BCUT2D eigenvalue weighted by Crippen LogP contribution is -2.07. The highest BCUT2D eigenvalue weighted by atomic mass is 35.5. The Balaban J connectivity index is 2.42. The Kier molecular flexibility index (Phi) is 7.77. The fourth-order valence-electron chi connectivity index (χ4n) is 1.46. The van der Waals surface area contributed by atoms with E-state index in [-0.39, 0.29) is 0 Å². The first kappa shape index (κ1) is 16.5. The summed E-state index contributed by atoms with van der Waals surface area (Å²) in [5, 5.41) is 9.00. The van der Waals surface area contributed by atoms with E-state index >= 15 is 0 Å². The zero-order chi connectivity index (χ0) is 14.8. The van der Waals surface area contributed by atoms with Crippen molar-refractivity contribution < 1.29 is 19.4 Å².